The molecule has 0 spiro atoms. The number of halogens is 4. The number of carbonyl (C=O) groups excluding carboxylic acids is 1. The van der Waals surface area contributed by atoms with Gasteiger partial charge in [0.25, 0.3) is 5.91 Å². The van der Waals surface area contributed by atoms with Crippen molar-refractivity contribution >= 4 is 5.91 Å². The second kappa shape index (κ2) is 9.72. The Morgan fingerprint density at radius 1 is 1.18 bits per heavy atom. The van der Waals surface area contributed by atoms with Gasteiger partial charge in [0.1, 0.15) is 23.8 Å². The number of nitrogens with one attached hydrogen (secondary N) is 1. The van der Waals surface area contributed by atoms with E-state index in [-0.39, 0.29) is 46.4 Å². The van der Waals surface area contributed by atoms with Crippen LogP contribution in [-0.2, 0) is 11.1 Å². The van der Waals surface area contributed by atoms with Gasteiger partial charge in [-0.3, -0.25) is 4.79 Å². The van der Waals surface area contributed by atoms with Crippen molar-refractivity contribution in [2.24, 2.45) is 5.73 Å². The first-order chi connectivity index (χ1) is 17.8. The van der Waals surface area contributed by atoms with E-state index in [1.54, 1.807) is 6.92 Å². The highest BCUT2D eigenvalue weighted by Crippen LogP contribution is 2.46. The van der Waals surface area contributed by atoms with Crippen molar-refractivity contribution in [1.82, 2.24) is 15.3 Å². The fraction of sp³-hybridized carbons (Fsp3) is 0.320. The van der Waals surface area contributed by atoms with Crippen LogP contribution in [0.25, 0.3) is 11.3 Å². The number of aromatic nitrogens is 2. The number of methoxy groups -OCH3 is 2. The lowest BCUT2D eigenvalue weighted by Crippen LogP contribution is -2.51. The third-order valence-electron chi connectivity index (χ3n) is 6.12. The van der Waals surface area contributed by atoms with Crippen LogP contribution in [-0.4, -0.2) is 54.5 Å². The summed E-state index contributed by atoms with van der Waals surface area (Å²) in [4.78, 5) is 20.6. The Morgan fingerprint density at radius 3 is 2.45 bits per heavy atom. The lowest BCUT2D eigenvalue weighted by atomic mass is 9.89. The van der Waals surface area contributed by atoms with Crippen molar-refractivity contribution in [1.29, 1.82) is 0 Å². The molecule has 0 saturated heterocycles. The van der Waals surface area contributed by atoms with Gasteiger partial charge in [-0.2, -0.15) is 13.2 Å². The number of benzene rings is 1. The summed E-state index contributed by atoms with van der Waals surface area (Å²) in [7, 11) is 2.67. The molecule has 2 unspecified atom stereocenters. The third-order valence-corrected chi connectivity index (χ3v) is 6.12. The second-order valence-corrected chi connectivity index (χ2v) is 8.91. The van der Waals surface area contributed by atoms with Crippen molar-refractivity contribution in [3.8, 4) is 28.5 Å². The highest BCUT2D eigenvalue weighted by Gasteiger charge is 2.57. The number of amides is 1. The second-order valence-electron chi connectivity index (χ2n) is 8.91. The summed E-state index contributed by atoms with van der Waals surface area (Å²) in [5, 5.41) is 13.1. The highest BCUT2D eigenvalue weighted by molar-refractivity contribution is 5.92. The summed E-state index contributed by atoms with van der Waals surface area (Å²) in [6.07, 6.45) is -4.11. The zero-order valence-electron chi connectivity index (χ0n) is 20.5. The Kier molecular flexibility index (Phi) is 6.93. The number of rotatable bonds is 7. The van der Waals surface area contributed by atoms with Crippen LogP contribution >= 0.6 is 0 Å². The summed E-state index contributed by atoms with van der Waals surface area (Å²) in [5.41, 5.74) is 0.647. The number of fused-ring (bicyclic) bond motifs is 1. The lowest BCUT2D eigenvalue weighted by Gasteiger charge is -2.31. The molecule has 2 atom stereocenters. The van der Waals surface area contributed by atoms with E-state index in [1.165, 1.54) is 38.6 Å². The molecule has 1 aromatic carbocycles. The molecule has 1 aliphatic rings. The van der Waals surface area contributed by atoms with Crippen molar-refractivity contribution in [2.45, 2.75) is 24.2 Å². The molecule has 202 valence electrons. The SMILES string of the molecule is COc1cnc(C(=O)NCC(O)(c2cc3c(c(-c4ccc(F)cc4)n2)OCC3(C)N)C(F)(F)F)cc1OC. The molecule has 0 aliphatic carbocycles. The molecule has 2 aromatic heterocycles. The van der Waals surface area contributed by atoms with Crippen LogP contribution in [0.1, 0.15) is 28.7 Å². The lowest BCUT2D eigenvalue weighted by molar-refractivity contribution is -0.265. The number of carbonyl (C=O) groups is 1. The minimum absolute atomic E-state index is 0.0617. The predicted octanol–water partition coefficient (Wildman–Crippen LogP) is 3.05. The highest BCUT2D eigenvalue weighted by atomic mass is 19.4. The standard InChI is InChI=1S/C25H24F4N4O5/c1-23(30)12-38-21-15(23)8-19(33-20(21)13-4-6-14(26)7-5-13)24(35,25(27,28)29)11-32-22(34)16-9-17(36-2)18(37-3)10-31-16/h4-10,35H,11-12,30H2,1-3H3,(H,32,34). The summed E-state index contributed by atoms with van der Waals surface area (Å²) < 4.78 is 72.4. The molecular formula is C25H24F4N4O5. The first-order valence-corrected chi connectivity index (χ1v) is 11.2. The molecule has 9 nitrogen and oxygen atoms in total. The van der Waals surface area contributed by atoms with Gasteiger partial charge in [-0.1, -0.05) is 0 Å². The minimum atomic E-state index is -5.28. The normalized spacial score (nSPS) is 18.2. The zero-order valence-corrected chi connectivity index (χ0v) is 20.5. The van der Waals surface area contributed by atoms with Crippen LogP contribution in [0.4, 0.5) is 17.6 Å². The number of aliphatic hydroxyl groups is 1. The maximum atomic E-state index is 14.4. The number of hydrogen-bond acceptors (Lipinski definition) is 8. The molecule has 0 saturated carbocycles. The monoisotopic (exact) mass is 536 g/mol. The third kappa shape index (κ3) is 4.82. The Bertz CT molecular complexity index is 1370. The molecule has 0 radical (unpaired) electrons. The van der Waals surface area contributed by atoms with Gasteiger partial charge >= 0.3 is 6.18 Å². The number of hydrogen-bond donors (Lipinski definition) is 3. The summed E-state index contributed by atoms with van der Waals surface area (Å²) in [6, 6.07) is 7.03. The maximum absolute atomic E-state index is 14.4. The Hall–Kier alpha value is -3.97. The van der Waals surface area contributed by atoms with Gasteiger partial charge in [-0.25, -0.2) is 14.4 Å². The first kappa shape index (κ1) is 27.1. The minimum Gasteiger partial charge on any atom is -0.493 e. The molecule has 1 aliphatic heterocycles. The van der Waals surface area contributed by atoms with Gasteiger partial charge in [0.2, 0.25) is 5.60 Å². The molecule has 1 amide bonds. The van der Waals surface area contributed by atoms with Crippen LogP contribution in [0.3, 0.4) is 0 Å². The molecule has 0 fully saturated rings. The van der Waals surface area contributed by atoms with E-state index in [0.29, 0.717) is 0 Å². The summed E-state index contributed by atoms with van der Waals surface area (Å²) in [5.74, 6) is -1.12. The quantitative estimate of drug-likeness (QED) is 0.393. The van der Waals surface area contributed by atoms with E-state index in [2.05, 4.69) is 15.3 Å². The van der Waals surface area contributed by atoms with Crippen molar-refractivity contribution in [3.63, 3.8) is 0 Å². The Morgan fingerprint density at radius 2 is 1.84 bits per heavy atom. The Balaban J connectivity index is 1.76. The van der Waals surface area contributed by atoms with E-state index < -0.39 is 41.3 Å². The molecule has 4 rings (SSSR count). The topological polar surface area (TPSA) is 129 Å². The van der Waals surface area contributed by atoms with E-state index >= 15 is 0 Å². The van der Waals surface area contributed by atoms with E-state index in [1.807, 2.05) is 0 Å². The molecule has 3 aromatic rings. The van der Waals surface area contributed by atoms with Crippen LogP contribution in [0.2, 0.25) is 0 Å². The van der Waals surface area contributed by atoms with Crippen LogP contribution in [0, 0.1) is 5.82 Å². The van der Waals surface area contributed by atoms with E-state index in [9.17, 15) is 27.5 Å². The molecule has 13 heteroatoms. The summed E-state index contributed by atoms with van der Waals surface area (Å²) >= 11 is 0. The Labute approximate surface area is 214 Å². The van der Waals surface area contributed by atoms with Crippen molar-refractivity contribution in [3.05, 3.63) is 65.4 Å². The molecule has 38 heavy (non-hydrogen) atoms. The number of nitrogens with zero attached hydrogens (tertiary/aromatic N) is 2. The van der Waals surface area contributed by atoms with Gasteiger partial charge in [-0.05, 0) is 37.3 Å². The van der Waals surface area contributed by atoms with Crippen molar-refractivity contribution < 1.29 is 41.7 Å². The van der Waals surface area contributed by atoms with Crippen molar-refractivity contribution in [2.75, 3.05) is 27.4 Å². The van der Waals surface area contributed by atoms with Gasteiger partial charge in [-0.15, -0.1) is 0 Å². The average molecular weight is 536 g/mol. The van der Waals surface area contributed by atoms with Gasteiger partial charge in [0.05, 0.1) is 38.2 Å². The van der Waals surface area contributed by atoms with Gasteiger partial charge in [0, 0.05) is 17.2 Å². The molecule has 3 heterocycles. The van der Waals surface area contributed by atoms with Gasteiger partial charge < -0.3 is 30.4 Å². The predicted molar refractivity (Wildman–Crippen MR) is 126 cm³/mol. The number of nitrogens with two attached hydrogens (primary N) is 1. The first-order valence-electron chi connectivity index (χ1n) is 11.2. The number of ether oxygens (including phenoxy) is 3. The number of alkyl halides is 3. The molecular weight excluding hydrogens is 512 g/mol. The molecule has 0 bridgehead atoms. The smallest absolute Gasteiger partial charge is 0.424 e. The largest absolute Gasteiger partial charge is 0.493 e. The molecule has 4 N–H and O–H groups in total. The fourth-order valence-electron chi connectivity index (χ4n) is 3.91. The maximum Gasteiger partial charge on any atom is 0.424 e. The van der Waals surface area contributed by atoms with Crippen LogP contribution in [0.15, 0.2) is 42.6 Å². The van der Waals surface area contributed by atoms with Crippen LogP contribution in [0.5, 0.6) is 17.2 Å². The van der Waals surface area contributed by atoms with E-state index in [4.69, 9.17) is 19.9 Å². The fourth-order valence-corrected chi connectivity index (χ4v) is 3.91. The zero-order chi connectivity index (χ0) is 27.9. The summed E-state index contributed by atoms with van der Waals surface area (Å²) in [6.45, 7) is 0.185. The van der Waals surface area contributed by atoms with Gasteiger partial charge in [0.15, 0.2) is 17.2 Å². The average Bonchev–Trinajstić information content (AvgIpc) is 3.20. The van der Waals surface area contributed by atoms with Crippen LogP contribution < -0.4 is 25.3 Å². The number of pyridine rings is 2. The van der Waals surface area contributed by atoms with E-state index in [0.717, 1.165) is 18.2 Å².